The van der Waals surface area contributed by atoms with Crippen LogP contribution in [0.25, 0.3) is 83.0 Å². The van der Waals surface area contributed by atoms with Crippen molar-refractivity contribution >= 4 is 72.0 Å². The van der Waals surface area contributed by atoms with Crippen LogP contribution < -0.4 is 4.90 Å². The molecule has 0 saturated heterocycles. The molecule has 7 aromatic carbocycles. The van der Waals surface area contributed by atoms with Crippen molar-refractivity contribution in [2.75, 3.05) is 4.90 Å². The van der Waals surface area contributed by atoms with E-state index in [0.29, 0.717) is 0 Å². The molecule has 11 aromatic rings. The largest absolute Gasteiger partial charge is 0.455 e. The Hall–Kier alpha value is -7.44. The Kier molecular flexibility index (Phi) is 8.31. The Labute approximate surface area is 379 Å². The van der Waals surface area contributed by atoms with Crippen LogP contribution in [-0.4, -0.2) is 19.5 Å². The van der Waals surface area contributed by atoms with E-state index >= 15 is 0 Å². The lowest BCUT2D eigenvalue weighted by molar-refractivity contribution is 0.590. The van der Waals surface area contributed by atoms with E-state index in [-0.39, 0.29) is 16.2 Å². The molecule has 0 unspecified atom stereocenters. The number of imidazole rings is 1. The molecule has 5 heterocycles. The zero-order valence-corrected chi connectivity index (χ0v) is 38.2. The van der Waals surface area contributed by atoms with E-state index in [1.54, 1.807) is 0 Å². The second kappa shape index (κ2) is 13.8. The highest BCUT2D eigenvalue weighted by Crippen LogP contribution is 2.52. The molecular weight excluding hydrogens is 795 g/mol. The minimum absolute atomic E-state index is 0.0317. The number of anilines is 3. The van der Waals surface area contributed by atoms with E-state index in [0.717, 1.165) is 100 Å². The molecule has 12 rings (SSSR count). The average molecular weight is 846 g/mol. The lowest BCUT2D eigenvalue weighted by Gasteiger charge is -2.41. The summed E-state index contributed by atoms with van der Waals surface area (Å²) in [4.78, 5) is 17.0. The normalized spacial score (nSPS) is 13.9. The summed E-state index contributed by atoms with van der Waals surface area (Å²) in [7, 11) is 0. The molecule has 318 valence electrons. The zero-order valence-electron chi connectivity index (χ0n) is 38.2. The predicted molar refractivity (Wildman–Crippen MR) is 271 cm³/mol. The molecule has 0 amide bonds. The van der Waals surface area contributed by atoms with Crippen LogP contribution in [0.3, 0.4) is 0 Å². The zero-order chi connectivity index (χ0) is 44.6. The van der Waals surface area contributed by atoms with Gasteiger partial charge in [0.15, 0.2) is 0 Å². The topological polar surface area (TPSA) is 62.9 Å². The highest BCUT2D eigenvalue weighted by atomic mass is 16.3. The number of nitrogens with one attached hydrogen (secondary N) is 1. The van der Waals surface area contributed by atoms with Crippen molar-refractivity contribution in [2.24, 2.45) is 0 Å². The fraction of sp³-hybridized carbons (Fsp3) is 0.186. The van der Waals surface area contributed by atoms with Gasteiger partial charge in [0.05, 0.1) is 27.6 Å². The number of pyridine rings is 1. The first-order valence-corrected chi connectivity index (χ1v) is 22.7. The van der Waals surface area contributed by atoms with Crippen LogP contribution in [0.4, 0.5) is 17.2 Å². The summed E-state index contributed by atoms with van der Waals surface area (Å²) in [6.45, 7) is 18.2. The Bertz CT molecular complexity index is 3680. The maximum absolute atomic E-state index is 6.81. The number of H-pyrrole nitrogens is 1. The quantitative estimate of drug-likeness (QED) is 0.192. The van der Waals surface area contributed by atoms with Gasteiger partial charge >= 0.3 is 0 Å². The number of benzene rings is 7. The smallest absolute Gasteiger partial charge is 0.147 e. The molecule has 6 heteroatoms. The second-order valence-corrected chi connectivity index (χ2v) is 20.4. The Morgan fingerprint density at radius 1 is 0.600 bits per heavy atom. The minimum atomic E-state index is -0.204. The number of nitrogens with zero attached hydrogens (tertiary/aromatic N) is 4. The van der Waals surface area contributed by atoms with Crippen molar-refractivity contribution in [1.29, 1.82) is 0 Å². The van der Waals surface area contributed by atoms with Crippen LogP contribution in [0, 0.1) is 0 Å². The van der Waals surface area contributed by atoms with Crippen molar-refractivity contribution in [3.8, 4) is 28.2 Å². The highest BCUT2D eigenvalue weighted by molar-refractivity contribution is 6.26. The molecule has 1 aliphatic rings. The van der Waals surface area contributed by atoms with Gasteiger partial charge in [0.1, 0.15) is 22.8 Å². The lowest BCUT2D eigenvalue weighted by atomic mass is 9.74. The Balaban J connectivity index is 1.14. The predicted octanol–water partition coefficient (Wildman–Crippen LogP) is 16.0. The summed E-state index contributed by atoms with van der Waals surface area (Å²) in [6.07, 6.45) is 1.90. The van der Waals surface area contributed by atoms with Gasteiger partial charge in [-0.05, 0) is 99.8 Å². The van der Waals surface area contributed by atoms with E-state index in [9.17, 15) is 0 Å². The van der Waals surface area contributed by atoms with E-state index < -0.39 is 0 Å². The van der Waals surface area contributed by atoms with Crippen LogP contribution >= 0.6 is 0 Å². The number of fused-ring (bicyclic) bond motifs is 10. The lowest BCUT2D eigenvalue weighted by Crippen LogP contribution is -2.31. The standard InChI is InChI=1S/C59H51N5O/c1-57(2,3)36-18-14-20-39(32-36)64-49-26-15-22-40(35-17-13-19-38(31-35)63-48-25-11-10-23-45(48)59(7,8)46-24-16-30-60-56(46)63)52(49)62-55(64)44-34-42-41-21-9-12-27-50(41)65-54(42)51-43-33-37(58(4,5)6)28-29-47(43)61-53(44)51/h9-34,61H,1-8H3. The van der Waals surface area contributed by atoms with Gasteiger partial charge in [-0.2, -0.15) is 0 Å². The molecule has 0 radical (unpaired) electrons. The van der Waals surface area contributed by atoms with Gasteiger partial charge in [0.2, 0.25) is 0 Å². The SMILES string of the molecule is CC(C)(C)c1cccc(-n2c(-c3cc4c5ccccc5oc4c4c3[nH]c3ccc(C(C)(C)C)cc34)nc3c(-c4cccc(N5c6ccccc6C(C)(C)c6cccnc65)c4)cccc32)c1. The number of aromatic amines is 1. The molecule has 0 bridgehead atoms. The molecule has 4 aromatic heterocycles. The van der Waals surface area contributed by atoms with Crippen LogP contribution in [0.15, 0.2) is 162 Å². The minimum Gasteiger partial charge on any atom is -0.455 e. The summed E-state index contributed by atoms with van der Waals surface area (Å²) < 4.78 is 9.18. The van der Waals surface area contributed by atoms with Crippen molar-refractivity contribution in [3.05, 3.63) is 180 Å². The average Bonchev–Trinajstić information content (AvgIpc) is 4.00. The summed E-state index contributed by atoms with van der Waals surface area (Å²) in [6, 6.07) is 55.0. The van der Waals surface area contributed by atoms with Crippen molar-refractivity contribution in [1.82, 2.24) is 19.5 Å². The van der Waals surface area contributed by atoms with Crippen LogP contribution in [-0.2, 0) is 16.2 Å². The molecule has 0 spiro atoms. The molecule has 65 heavy (non-hydrogen) atoms. The Morgan fingerprint density at radius 3 is 2.18 bits per heavy atom. The molecule has 1 N–H and O–H groups in total. The van der Waals surface area contributed by atoms with E-state index in [4.69, 9.17) is 14.4 Å². The van der Waals surface area contributed by atoms with Gasteiger partial charge < -0.3 is 9.40 Å². The number of aromatic nitrogens is 4. The number of hydrogen-bond acceptors (Lipinski definition) is 4. The van der Waals surface area contributed by atoms with E-state index in [2.05, 4.69) is 215 Å². The fourth-order valence-corrected chi connectivity index (χ4v) is 10.4. The molecule has 0 aliphatic carbocycles. The maximum Gasteiger partial charge on any atom is 0.147 e. The number of para-hydroxylation sites is 3. The van der Waals surface area contributed by atoms with Crippen LogP contribution in [0.2, 0.25) is 0 Å². The first-order chi connectivity index (χ1) is 31.3. The molecule has 6 nitrogen and oxygen atoms in total. The van der Waals surface area contributed by atoms with Gasteiger partial charge in [-0.25, -0.2) is 9.97 Å². The van der Waals surface area contributed by atoms with Crippen molar-refractivity contribution < 1.29 is 4.42 Å². The number of rotatable bonds is 4. The van der Waals surface area contributed by atoms with E-state index in [1.165, 1.54) is 22.3 Å². The van der Waals surface area contributed by atoms with Crippen molar-refractivity contribution in [2.45, 2.75) is 71.6 Å². The molecule has 0 saturated carbocycles. The molecule has 0 fully saturated rings. The van der Waals surface area contributed by atoms with E-state index in [1.807, 2.05) is 12.3 Å². The fourth-order valence-electron chi connectivity index (χ4n) is 10.4. The second-order valence-electron chi connectivity index (χ2n) is 20.4. The van der Waals surface area contributed by atoms with Crippen LogP contribution in [0.5, 0.6) is 0 Å². The summed E-state index contributed by atoms with van der Waals surface area (Å²) in [5.74, 6) is 1.82. The van der Waals surface area contributed by atoms with Crippen LogP contribution in [0.1, 0.15) is 77.6 Å². The molecule has 0 atom stereocenters. The van der Waals surface area contributed by atoms with Gasteiger partial charge in [-0.15, -0.1) is 0 Å². The third-order valence-corrected chi connectivity index (χ3v) is 13.9. The summed E-state index contributed by atoms with van der Waals surface area (Å²) in [5.41, 5.74) is 16.9. The van der Waals surface area contributed by atoms with Gasteiger partial charge in [0.25, 0.3) is 0 Å². The first kappa shape index (κ1) is 39.2. The van der Waals surface area contributed by atoms with Gasteiger partial charge in [-0.1, -0.05) is 140 Å². The number of furan rings is 1. The van der Waals surface area contributed by atoms with Gasteiger partial charge in [-0.3, -0.25) is 9.47 Å². The van der Waals surface area contributed by atoms with Crippen molar-refractivity contribution in [3.63, 3.8) is 0 Å². The first-order valence-electron chi connectivity index (χ1n) is 22.7. The Morgan fingerprint density at radius 2 is 1.34 bits per heavy atom. The number of hydrogen-bond donors (Lipinski definition) is 1. The third-order valence-electron chi connectivity index (χ3n) is 13.9. The summed E-state index contributed by atoms with van der Waals surface area (Å²) >= 11 is 0. The molecule has 1 aliphatic heterocycles. The van der Waals surface area contributed by atoms with Gasteiger partial charge in [0, 0.05) is 61.4 Å². The molecular formula is C59H51N5O. The maximum atomic E-state index is 6.81. The summed E-state index contributed by atoms with van der Waals surface area (Å²) in [5, 5.41) is 4.37. The monoisotopic (exact) mass is 845 g/mol. The third kappa shape index (κ3) is 5.93. The highest BCUT2D eigenvalue weighted by Gasteiger charge is 2.37.